The summed E-state index contributed by atoms with van der Waals surface area (Å²) in [5.41, 5.74) is 1.43. The van der Waals surface area contributed by atoms with Crippen LogP contribution in [0.25, 0.3) is 10.8 Å². The summed E-state index contributed by atoms with van der Waals surface area (Å²) in [7, 11) is 0.682. The normalized spacial score (nSPS) is 11.8. The summed E-state index contributed by atoms with van der Waals surface area (Å²) in [4.78, 5) is 0. The monoisotopic (exact) mass is 244 g/mol. The van der Waals surface area contributed by atoms with Gasteiger partial charge in [-0.05, 0) is 29.1 Å². The molecule has 0 unspecified atom stereocenters. The molecule has 0 radical (unpaired) electrons. The second kappa shape index (κ2) is 4.53. The number of ether oxygens (including phenoxy) is 1. The highest BCUT2D eigenvalue weighted by Crippen LogP contribution is 2.27. The van der Waals surface area contributed by atoms with Gasteiger partial charge < -0.3 is 4.74 Å². The molecule has 2 aromatic carbocycles. The standard InChI is InChI=1S/C15H20OSi/c1-16-15-7-5-6-13-9-8-12(10-14(13)15)11-17(2,3)4/h5-10H,11H2,1-4H3. The van der Waals surface area contributed by atoms with Crippen LogP contribution in [0.15, 0.2) is 36.4 Å². The first-order valence-corrected chi connectivity index (χ1v) is 9.76. The molecule has 0 aliphatic rings. The van der Waals surface area contributed by atoms with Gasteiger partial charge >= 0.3 is 0 Å². The topological polar surface area (TPSA) is 9.23 Å². The Morgan fingerprint density at radius 1 is 1.06 bits per heavy atom. The smallest absolute Gasteiger partial charge is 0.126 e. The van der Waals surface area contributed by atoms with Gasteiger partial charge in [0.1, 0.15) is 5.75 Å². The summed E-state index contributed by atoms with van der Waals surface area (Å²) in [5.74, 6) is 0.972. The molecule has 0 saturated heterocycles. The van der Waals surface area contributed by atoms with E-state index in [0.717, 1.165) is 5.75 Å². The summed E-state index contributed by atoms with van der Waals surface area (Å²) in [6.07, 6.45) is 0. The lowest BCUT2D eigenvalue weighted by atomic mass is 10.1. The third-order valence-electron chi connectivity index (χ3n) is 2.86. The zero-order chi connectivity index (χ0) is 12.5. The molecule has 0 heterocycles. The van der Waals surface area contributed by atoms with E-state index in [1.165, 1.54) is 22.4 Å². The van der Waals surface area contributed by atoms with Crippen molar-refractivity contribution in [2.45, 2.75) is 25.7 Å². The van der Waals surface area contributed by atoms with Crippen LogP contribution in [0.5, 0.6) is 5.75 Å². The average molecular weight is 244 g/mol. The maximum absolute atomic E-state index is 5.42. The third kappa shape index (κ3) is 2.89. The van der Waals surface area contributed by atoms with Crippen molar-refractivity contribution in [1.82, 2.24) is 0 Å². The zero-order valence-corrected chi connectivity index (χ0v) is 12.1. The van der Waals surface area contributed by atoms with Crippen LogP contribution < -0.4 is 4.74 Å². The van der Waals surface area contributed by atoms with E-state index in [-0.39, 0.29) is 0 Å². The minimum atomic E-state index is -1.05. The summed E-state index contributed by atoms with van der Waals surface area (Å²) in [5, 5.41) is 2.48. The third-order valence-corrected chi connectivity index (χ3v) is 4.33. The predicted molar refractivity (Wildman–Crippen MR) is 77.6 cm³/mol. The van der Waals surface area contributed by atoms with E-state index in [0.29, 0.717) is 0 Å². The first-order chi connectivity index (χ1) is 7.99. The first kappa shape index (κ1) is 12.2. The van der Waals surface area contributed by atoms with Gasteiger partial charge in [-0.1, -0.05) is 43.9 Å². The Morgan fingerprint density at radius 3 is 2.47 bits per heavy atom. The van der Waals surface area contributed by atoms with Gasteiger partial charge in [-0.3, -0.25) is 0 Å². The van der Waals surface area contributed by atoms with Crippen molar-refractivity contribution in [2.24, 2.45) is 0 Å². The molecule has 17 heavy (non-hydrogen) atoms. The lowest BCUT2D eigenvalue weighted by molar-refractivity contribution is 0.420. The molecule has 0 atom stereocenters. The van der Waals surface area contributed by atoms with Crippen LogP contribution >= 0.6 is 0 Å². The SMILES string of the molecule is COc1cccc2ccc(C[Si](C)(C)C)cc12. The minimum absolute atomic E-state index is 0.972. The van der Waals surface area contributed by atoms with Gasteiger partial charge in [-0.15, -0.1) is 0 Å². The van der Waals surface area contributed by atoms with E-state index in [2.05, 4.69) is 43.9 Å². The first-order valence-electron chi connectivity index (χ1n) is 6.05. The van der Waals surface area contributed by atoms with E-state index in [4.69, 9.17) is 4.74 Å². The molecule has 0 aromatic heterocycles. The van der Waals surface area contributed by atoms with Crippen molar-refractivity contribution >= 4 is 18.8 Å². The number of rotatable bonds is 3. The maximum Gasteiger partial charge on any atom is 0.126 e. The van der Waals surface area contributed by atoms with Crippen molar-refractivity contribution < 1.29 is 4.74 Å². The maximum atomic E-state index is 5.42. The summed E-state index contributed by atoms with van der Waals surface area (Å²) in [6, 6.07) is 14.2. The van der Waals surface area contributed by atoms with Gasteiger partial charge in [0, 0.05) is 13.5 Å². The van der Waals surface area contributed by atoms with Crippen LogP contribution in [-0.4, -0.2) is 15.2 Å². The molecule has 0 fully saturated rings. The molecule has 0 N–H and O–H groups in total. The molecule has 0 saturated carbocycles. The Morgan fingerprint density at radius 2 is 1.82 bits per heavy atom. The number of fused-ring (bicyclic) bond motifs is 1. The zero-order valence-electron chi connectivity index (χ0n) is 11.1. The Bertz CT molecular complexity index is 526. The van der Waals surface area contributed by atoms with Gasteiger partial charge in [0.05, 0.1) is 7.11 Å². The van der Waals surface area contributed by atoms with E-state index in [1.54, 1.807) is 7.11 Å². The summed E-state index contributed by atoms with van der Waals surface area (Å²) in [6.45, 7) is 7.21. The quantitative estimate of drug-likeness (QED) is 0.733. The van der Waals surface area contributed by atoms with Crippen molar-refractivity contribution in [1.29, 1.82) is 0 Å². The lowest BCUT2D eigenvalue weighted by Gasteiger charge is -2.16. The van der Waals surface area contributed by atoms with Gasteiger partial charge in [0.15, 0.2) is 0 Å². The molecular weight excluding hydrogens is 224 g/mol. The Balaban J connectivity index is 2.48. The predicted octanol–water partition coefficient (Wildman–Crippen LogP) is 4.27. The Kier molecular flexibility index (Phi) is 3.25. The molecule has 1 nitrogen and oxygen atoms in total. The number of benzene rings is 2. The molecule has 90 valence electrons. The highest BCUT2D eigenvalue weighted by Gasteiger charge is 2.14. The molecule has 0 bridgehead atoms. The van der Waals surface area contributed by atoms with Crippen LogP contribution in [0.4, 0.5) is 0 Å². The number of methoxy groups -OCH3 is 1. The van der Waals surface area contributed by atoms with E-state index < -0.39 is 8.07 Å². The van der Waals surface area contributed by atoms with Gasteiger partial charge in [0.25, 0.3) is 0 Å². The van der Waals surface area contributed by atoms with E-state index in [1.807, 2.05) is 12.1 Å². The van der Waals surface area contributed by atoms with Crippen LogP contribution in [0, 0.1) is 0 Å². The van der Waals surface area contributed by atoms with Crippen molar-refractivity contribution in [3.63, 3.8) is 0 Å². The highest BCUT2D eigenvalue weighted by atomic mass is 28.3. The molecule has 2 aromatic rings. The Hall–Kier alpha value is -1.28. The molecule has 0 amide bonds. The molecule has 2 rings (SSSR count). The van der Waals surface area contributed by atoms with Crippen LogP contribution in [-0.2, 0) is 6.04 Å². The highest BCUT2D eigenvalue weighted by molar-refractivity contribution is 6.75. The molecule has 2 heteroatoms. The molecule has 0 spiro atoms. The van der Waals surface area contributed by atoms with Crippen molar-refractivity contribution in [3.05, 3.63) is 42.0 Å². The Labute approximate surface area is 104 Å². The molecule has 0 aliphatic carbocycles. The van der Waals surface area contributed by atoms with Gasteiger partial charge in [-0.25, -0.2) is 0 Å². The number of hydrogen-bond acceptors (Lipinski definition) is 1. The fraction of sp³-hybridized carbons (Fsp3) is 0.333. The summed E-state index contributed by atoms with van der Waals surface area (Å²) >= 11 is 0. The fourth-order valence-corrected chi connectivity index (χ4v) is 3.64. The molecule has 0 aliphatic heterocycles. The summed E-state index contributed by atoms with van der Waals surface area (Å²) < 4.78 is 5.42. The molecular formula is C15H20OSi. The minimum Gasteiger partial charge on any atom is -0.496 e. The van der Waals surface area contributed by atoms with E-state index >= 15 is 0 Å². The van der Waals surface area contributed by atoms with Crippen LogP contribution in [0.3, 0.4) is 0 Å². The lowest BCUT2D eigenvalue weighted by Crippen LogP contribution is -2.23. The number of hydrogen-bond donors (Lipinski definition) is 0. The second-order valence-electron chi connectivity index (χ2n) is 5.75. The van der Waals surface area contributed by atoms with Crippen LogP contribution in [0.1, 0.15) is 5.56 Å². The van der Waals surface area contributed by atoms with Gasteiger partial charge in [0.2, 0.25) is 0 Å². The second-order valence-corrected chi connectivity index (χ2v) is 11.2. The van der Waals surface area contributed by atoms with Crippen molar-refractivity contribution in [2.75, 3.05) is 7.11 Å². The van der Waals surface area contributed by atoms with Gasteiger partial charge in [-0.2, -0.15) is 0 Å². The van der Waals surface area contributed by atoms with Crippen molar-refractivity contribution in [3.8, 4) is 5.75 Å². The average Bonchev–Trinajstić information content (AvgIpc) is 2.26. The largest absolute Gasteiger partial charge is 0.496 e. The van der Waals surface area contributed by atoms with E-state index in [9.17, 15) is 0 Å². The fourth-order valence-electron chi connectivity index (χ4n) is 2.19. The van der Waals surface area contributed by atoms with Crippen LogP contribution in [0.2, 0.25) is 19.6 Å².